The lowest BCUT2D eigenvalue weighted by molar-refractivity contribution is -0.130. The zero-order valence-electron chi connectivity index (χ0n) is 11.9. The van der Waals surface area contributed by atoms with E-state index in [9.17, 15) is 4.79 Å². The Kier molecular flexibility index (Phi) is 4.79. The molecule has 1 amide bonds. The number of carbonyl (C=O) groups excluding carboxylic acids is 1. The lowest BCUT2D eigenvalue weighted by atomic mass is 10.1. The molecule has 0 fully saturated rings. The molecule has 0 unspecified atom stereocenters. The Hall–Kier alpha value is -1.81. The fourth-order valence-corrected chi connectivity index (χ4v) is 3.02. The Morgan fingerprint density at radius 2 is 2.05 bits per heavy atom. The predicted molar refractivity (Wildman–Crippen MR) is 84.7 cm³/mol. The number of benzene rings is 1. The van der Waals surface area contributed by atoms with E-state index in [0.717, 1.165) is 11.3 Å². The SMILES string of the molecule is Cc1ccsc1CN(C)C(=O)CCc1ccccc1N. The van der Waals surface area contributed by atoms with Crippen LogP contribution in [-0.4, -0.2) is 17.9 Å². The van der Waals surface area contributed by atoms with Gasteiger partial charge in [0.05, 0.1) is 6.54 Å². The van der Waals surface area contributed by atoms with Crippen molar-refractivity contribution in [2.45, 2.75) is 26.3 Å². The molecule has 1 aromatic heterocycles. The van der Waals surface area contributed by atoms with Gasteiger partial charge in [-0.15, -0.1) is 11.3 Å². The number of aryl methyl sites for hydroxylation is 2. The molecule has 2 rings (SSSR count). The third-order valence-electron chi connectivity index (χ3n) is 3.44. The fraction of sp³-hybridized carbons (Fsp3) is 0.312. The van der Waals surface area contributed by atoms with E-state index in [1.165, 1.54) is 10.4 Å². The highest BCUT2D eigenvalue weighted by molar-refractivity contribution is 7.10. The largest absolute Gasteiger partial charge is 0.399 e. The summed E-state index contributed by atoms with van der Waals surface area (Å²) < 4.78 is 0. The van der Waals surface area contributed by atoms with Gasteiger partial charge in [0.15, 0.2) is 0 Å². The van der Waals surface area contributed by atoms with Crippen molar-refractivity contribution in [2.24, 2.45) is 0 Å². The Morgan fingerprint density at radius 1 is 1.30 bits per heavy atom. The number of nitrogen functional groups attached to an aromatic ring is 1. The van der Waals surface area contributed by atoms with Crippen LogP contribution in [0.3, 0.4) is 0 Å². The molecule has 2 aromatic rings. The van der Waals surface area contributed by atoms with Crippen LogP contribution in [0.1, 0.15) is 22.4 Å². The molecule has 0 bridgehead atoms. The van der Waals surface area contributed by atoms with Gasteiger partial charge in [0.25, 0.3) is 0 Å². The average Bonchev–Trinajstić information content (AvgIpc) is 2.83. The number of hydrogen-bond donors (Lipinski definition) is 1. The summed E-state index contributed by atoms with van der Waals surface area (Å²) >= 11 is 1.70. The third-order valence-corrected chi connectivity index (χ3v) is 4.45. The van der Waals surface area contributed by atoms with Gasteiger partial charge in [0.2, 0.25) is 5.91 Å². The third kappa shape index (κ3) is 3.61. The number of thiophene rings is 1. The zero-order chi connectivity index (χ0) is 14.5. The number of rotatable bonds is 5. The normalized spacial score (nSPS) is 10.5. The number of hydrogen-bond acceptors (Lipinski definition) is 3. The maximum Gasteiger partial charge on any atom is 0.222 e. The van der Waals surface area contributed by atoms with Gasteiger partial charge in [-0.1, -0.05) is 18.2 Å². The van der Waals surface area contributed by atoms with Gasteiger partial charge in [0, 0.05) is 24.0 Å². The molecule has 0 spiro atoms. The van der Waals surface area contributed by atoms with Gasteiger partial charge in [-0.3, -0.25) is 4.79 Å². The topological polar surface area (TPSA) is 46.3 Å². The number of para-hydroxylation sites is 1. The van der Waals surface area contributed by atoms with Crippen molar-refractivity contribution in [2.75, 3.05) is 12.8 Å². The van der Waals surface area contributed by atoms with Crippen molar-refractivity contribution in [1.82, 2.24) is 4.90 Å². The minimum atomic E-state index is 0.154. The Labute approximate surface area is 124 Å². The molecule has 0 saturated heterocycles. The van der Waals surface area contributed by atoms with Gasteiger partial charge in [-0.2, -0.15) is 0 Å². The highest BCUT2D eigenvalue weighted by Crippen LogP contribution is 2.18. The van der Waals surface area contributed by atoms with Crippen LogP contribution in [0.4, 0.5) is 5.69 Å². The van der Waals surface area contributed by atoms with Crippen LogP contribution in [0, 0.1) is 6.92 Å². The summed E-state index contributed by atoms with van der Waals surface area (Å²) in [6.07, 6.45) is 1.19. The smallest absolute Gasteiger partial charge is 0.222 e. The van der Waals surface area contributed by atoms with E-state index in [4.69, 9.17) is 5.73 Å². The quantitative estimate of drug-likeness (QED) is 0.859. The first-order valence-corrected chi connectivity index (χ1v) is 7.56. The summed E-state index contributed by atoms with van der Waals surface area (Å²) in [5.74, 6) is 0.154. The standard InChI is InChI=1S/C16H20N2OS/c1-12-9-10-20-15(12)11-18(2)16(19)8-7-13-5-3-4-6-14(13)17/h3-6,9-10H,7-8,11,17H2,1-2H3. The van der Waals surface area contributed by atoms with Gasteiger partial charge in [0.1, 0.15) is 0 Å². The second-order valence-electron chi connectivity index (χ2n) is 4.98. The van der Waals surface area contributed by atoms with Crippen LogP contribution in [0.25, 0.3) is 0 Å². The van der Waals surface area contributed by atoms with E-state index in [1.54, 1.807) is 16.2 Å². The number of nitrogens with zero attached hydrogens (tertiary/aromatic N) is 1. The summed E-state index contributed by atoms with van der Waals surface area (Å²) in [4.78, 5) is 15.2. The highest BCUT2D eigenvalue weighted by atomic mass is 32.1. The molecular formula is C16H20N2OS. The minimum Gasteiger partial charge on any atom is -0.399 e. The first-order chi connectivity index (χ1) is 9.58. The molecule has 3 nitrogen and oxygen atoms in total. The van der Waals surface area contributed by atoms with Crippen LogP contribution >= 0.6 is 11.3 Å². The second-order valence-corrected chi connectivity index (χ2v) is 5.98. The fourth-order valence-electron chi connectivity index (χ4n) is 2.06. The van der Waals surface area contributed by atoms with E-state index in [2.05, 4.69) is 18.4 Å². The highest BCUT2D eigenvalue weighted by Gasteiger charge is 2.12. The van der Waals surface area contributed by atoms with Gasteiger partial charge in [-0.25, -0.2) is 0 Å². The average molecular weight is 288 g/mol. The summed E-state index contributed by atoms with van der Waals surface area (Å²) in [6, 6.07) is 9.80. The van der Waals surface area contributed by atoms with E-state index < -0.39 is 0 Å². The summed E-state index contributed by atoms with van der Waals surface area (Å²) in [5, 5.41) is 2.06. The molecule has 1 aromatic carbocycles. The monoisotopic (exact) mass is 288 g/mol. The van der Waals surface area contributed by atoms with Crippen LogP contribution in [0.5, 0.6) is 0 Å². The molecule has 4 heteroatoms. The van der Waals surface area contributed by atoms with E-state index >= 15 is 0 Å². The van der Waals surface area contributed by atoms with Crippen molar-refractivity contribution in [3.05, 3.63) is 51.7 Å². The van der Waals surface area contributed by atoms with Crippen LogP contribution < -0.4 is 5.73 Å². The van der Waals surface area contributed by atoms with Crippen molar-refractivity contribution >= 4 is 22.9 Å². The van der Waals surface area contributed by atoms with E-state index in [0.29, 0.717) is 19.4 Å². The molecule has 0 radical (unpaired) electrons. The van der Waals surface area contributed by atoms with Crippen molar-refractivity contribution in [1.29, 1.82) is 0 Å². The van der Waals surface area contributed by atoms with Crippen LogP contribution in [0.15, 0.2) is 35.7 Å². The lowest BCUT2D eigenvalue weighted by Crippen LogP contribution is -2.26. The van der Waals surface area contributed by atoms with Crippen molar-refractivity contribution in [3.63, 3.8) is 0 Å². The molecular weight excluding hydrogens is 268 g/mol. The molecule has 106 valence electrons. The number of carbonyl (C=O) groups is 1. The number of anilines is 1. The van der Waals surface area contributed by atoms with Crippen LogP contribution in [0.2, 0.25) is 0 Å². The van der Waals surface area contributed by atoms with Crippen LogP contribution in [-0.2, 0) is 17.8 Å². The summed E-state index contributed by atoms with van der Waals surface area (Å²) in [6.45, 7) is 2.77. The first kappa shape index (κ1) is 14.6. The Morgan fingerprint density at radius 3 is 2.70 bits per heavy atom. The molecule has 0 saturated carbocycles. The van der Waals surface area contributed by atoms with Crippen molar-refractivity contribution in [3.8, 4) is 0 Å². The maximum absolute atomic E-state index is 12.2. The summed E-state index contributed by atoms with van der Waals surface area (Å²) in [7, 11) is 1.86. The van der Waals surface area contributed by atoms with E-state index in [1.807, 2.05) is 31.3 Å². The minimum absolute atomic E-state index is 0.154. The summed E-state index contributed by atoms with van der Waals surface area (Å²) in [5.41, 5.74) is 8.95. The Bertz CT molecular complexity index is 592. The number of amides is 1. The Balaban J connectivity index is 1.89. The van der Waals surface area contributed by atoms with Gasteiger partial charge >= 0.3 is 0 Å². The van der Waals surface area contributed by atoms with Gasteiger partial charge in [-0.05, 0) is 42.0 Å². The first-order valence-electron chi connectivity index (χ1n) is 6.68. The predicted octanol–water partition coefficient (Wildman–Crippen LogP) is 3.23. The maximum atomic E-state index is 12.2. The molecule has 0 aliphatic heterocycles. The molecule has 2 N–H and O–H groups in total. The molecule has 20 heavy (non-hydrogen) atoms. The molecule has 0 aliphatic rings. The molecule has 0 atom stereocenters. The second kappa shape index (κ2) is 6.57. The van der Waals surface area contributed by atoms with Gasteiger partial charge < -0.3 is 10.6 Å². The molecule has 0 aliphatic carbocycles. The van der Waals surface area contributed by atoms with E-state index in [-0.39, 0.29) is 5.91 Å². The number of nitrogens with two attached hydrogens (primary N) is 1. The zero-order valence-corrected chi connectivity index (χ0v) is 12.7. The molecule has 1 heterocycles. The lowest BCUT2D eigenvalue weighted by Gasteiger charge is -2.17. The van der Waals surface area contributed by atoms with Crippen molar-refractivity contribution < 1.29 is 4.79 Å².